The highest BCUT2D eigenvalue weighted by Crippen LogP contribution is 2.29. The van der Waals surface area contributed by atoms with Crippen LogP contribution in [-0.4, -0.2) is 19.6 Å². The van der Waals surface area contributed by atoms with Crippen molar-refractivity contribution in [3.63, 3.8) is 0 Å². The van der Waals surface area contributed by atoms with Crippen LogP contribution in [0, 0.1) is 18.3 Å². The summed E-state index contributed by atoms with van der Waals surface area (Å²) < 4.78 is 2.03. The van der Waals surface area contributed by atoms with E-state index >= 15 is 0 Å². The molecule has 0 radical (unpaired) electrons. The highest BCUT2D eigenvalue weighted by Gasteiger charge is 2.12. The molecular weight excluding hydrogens is 306 g/mol. The summed E-state index contributed by atoms with van der Waals surface area (Å²) in [6, 6.07) is 15.9. The van der Waals surface area contributed by atoms with Crippen LogP contribution in [0.25, 0.3) is 16.6 Å². The van der Waals surface area contributed by atoms with E-state index in [2.05, 4.69) is 40.3 Å². The molecule has 0 atom stereocenters. The smallest absolute Gasteiger partial charge is 0.202 e. The number of aromatic nitrogens is 4. The van der Waals surface area contributed by atoms with Crippen molar-refractivity contribution in [3.8, 4) is 6.07 Å². The molecule has 6 heteroatoms. The zero-order chi connectivity index (χ0) is 15.8. The van der Waals surface area contributed by atoms with Gasteiger partial charge in [-0.25, -0.2) is 4.98 Å². The first-order valence-corrected chi connectivity index (χ1v) is 7.85. The summed E-state index contributed by atoms with van der Waals surface area (Å²) in [6.07, 6.45) is 1.56. The number of aryl methyl sites for hydroxylation is 1. The Balaban J connectivity index is 1.87. The molecule has 0 saturated carbocycles. The molecule has 110 valence electrons. The van der Waals surface area contributed by atoms with E-state index in [0.717, 1.165) is 21.3 Å². The molecule has 3 aromatic heterocycles. The minimum absolute atomic E-state index is 0.543. The van der Waals surface area contributed by atoms with Gasteiger partial charge in [0.1, 0.15) is 11.1 Å². The summed E-state index contributed by atoms with van der Waals surface area (Å²) >= 11 is 1.43. The Bertz CT molecular complexity index is 1060. The minimum Gasteiger partial charge on any atom is -0.270 e. The molecule has 1 aromatic carbocycles. The fourth-order valence-electron chi connectivity index (χ4n) is 2.54. The van der Waals surface area contributed by atoms with Gasteiger partial charge in [-0.1, -0.05) is 18.2 Å². The molecule has 0 spiro atoms. The highest BCUT2D eigenvalue weighted by molar-refractivity contribution is 7.99. The van der Waals surface area contributed by atoms with Crippen molar-refractivity contribution in [1.82, 2.24) is 19.6 Å². The van der Waals surface area contributed by atoms with Crippen molar-refractivity contribution in [2.45, 2.75) is 17.1 Å². The van der Waals surface area contributed by atoms with Crippen molar-refractivity contribution in [3.05, 3.63) is 59.8 Å². The molecule has 0 saturated heterocycles. The molecule has 0 amide bonds. The Morgan fingerprint density at radius 3 is 2.78 bits per heavy atom. The van der Waals surface area contributed by atoms with Crippen LogP contribution < -0.4 is 0 Å². The third-order valence-electron chi connectivity index (χ3n) is 3.64. The van der Waals surface area contributed by atoms with E-state index in [-0.39, 0.29) is 0 Å². The number of benzene rings is 1. The number of nitriles is 1. The van der Waals surface area contributed by atoms with Gasteiger partial charge in [-0.2, -0.15) is 5.26 Å². The van der Waals surface area contributed by atoms with Crippen molar-refractivity contribution in [2.75, 3.05) is 0 Å². The lowest BCUT2D eigenvalue weighted by molar-refractivity contribution is 0.935. The van der Waals surface area contributed by atoms with Crippen molar-refractivity contribution in [1.29, 1.82) is 5.26 Å². The maximum absolute atomic E-state index is 8.85. The summed E-state index contributed by atoms with van der Waals surface area (Å²) in [5.74, 6) is 0. The number of nitrogens with zero attached hydrogens (tertiary/aromatic N) is 5. The van der Waals surface area contributed by atoms with Crippen LogP contribution >= 0.6 is 11.8 Å². The van der Waals surface area contributed by atoms with Gasteiger partial charge in [0.05, 0.1) is 11.1 Å². The monoisotopic (exact) mass is 317 g/mol. The normalized spacial score (nSPS) is 11.0. The number of hydrogen-bond acceptors (Lipinski definition) is 5. The van der Waals surface area contributed by atoms with Gasteiger partial charge in [0.2, 0.25) is 5.16 Å². The van der Waals surface area contributed by atoms with Crippen LogP contribution in [0.4, 0.5) is 0 Å². The van der Waals surface area contributed by atoms with E-state index in [1.165, 1.54) is 22.7 Å². The zero-order valence-corrected chi connectivity index (χ0v) is 13.1. The van der Waals surface area contributed by atoms with Gasteiger partial charge in [-0.15, -0.1) is 10.2 Å². The largest absolute Gasteiger partial charge is 0.270 e. The summed E-state index contributed by atoms with van der Waals surface area (Å²) in [5, 5.41) is 20.1. The lowest BCUT2D eigenvalue weighted by atomic mass is 10.1. The molecule has 23 heavy (non-hydrogen) atoms. The minimum atomic E-state index is 0.543. The van der Waals surface area contributed by atoms with Crippen LogP contribution in [0.5, 0.6) is 0 Å². The van der Waals surface area contributed by atoms with Gasteiger partial charge in [0.25, 0.3) is 0 Å². The predicted molar refractivity (Wildman–Crippen MR) is 88.3 cm³/mol. The molecule has 0 N–H and O–H groups in total. The summed E-state index contributed by atoms with van der Waals surface area (Å²) in [7, 11) is 0. The third kappa shape index (κ3) is 2.31. The number of pyridine rings is 2. The molecule has 0 aliphatic heterocycles. The third-order valence-corrected chi connectivity index (χ3v) is 4.53. The molecule has 3 heterocycles. The number of fused-ring (bicyclic) bond motifs is 3. The summed E-state index contributed by atoms with van der Waals surface area (Å²) in [6.45, 7) is 2.08. The van der Waals surface area contributed by atoms with Gasteiger partial charge < -0.3 is 0 Å². The van der Waals surface area contributed by atoms with E-state index in [1.54, 1.807) is 12.3 Å². The topological polar surface area (TPSA) is 66.9 Å². The first-order valence-electron chi connectivity index (χ1n) is 7.04. The molecule has 5 nitrogen and oxygen atoms in total. The van der Waals surface area contributed by atoms with Crippen LogP contribution in [0.1, 0.15) is 11.1 Å². The SMILES string of the molecule is Cc1cc2nnc(Sc3ccc(C#N)cn3)n2c2ccccc12. The number of para-hydroxylation sites is 1. The molecule has 0 aliphatic rings. The van der Waals surface area contributed by atoms with E-state index < -0.39 is 0 Å². The standard InChI is InChI=1S/C17H11N5S/c1-11-8-15-20-21-17(22(15)14-5-3-2-4-13(11)14)23-16-7-6-12(9-18)10-19-16/h2-8,10H,1H3. The molecule has 0 bridgehead atoms. The Hall–Kier alpha value is -2.91. The second kappa shape index (κ2) is 5.38. The predicted octanol–water partition coefficient (Wildman–Crippen LogP) is 3.61. The van der Waals surface area contributed by atoms with Crippen molar-refractivity contribution >= 4 is 28.3 Å². The van der Waals surface area contributed by atoms with Crippen molar-refractivity contribution in [2.24, 2.45) is 0 Å². The zero-order valence-electron chi connectivity index (χ0n) is 12.3. The summed E-state index contributed by atoms with van der Waals surface area (Å²) in [5.41, 5.74) is 3.61. The van der Waals surface area contributed by atoms with E-state index in [0.29, 0.717) is 5.56 Å². The fourth-order valence-corrected chi connectivity index (χ4v) is 3.33. The fraction of sp³-hybridized carbons (Fsp3) is 0.0588. The van der Waals surface area contributed by atoms with Gasteiger partial charge >= 0.3 is 0 Å². The molecule has 0 fully saturated rings. The maximum Gasteiger partial charge on any atom is 0.202 e. The Morgan fingerprint density at radius 1 is 1.13 bits per heavy atom. The number of hydrogen-bond donors (Lipinski definition) is 0. The van der Waals surface area contributed by atoms with Crippen LogP contribution in [0.15, 0.2) is 58.8 Å². The molecular formula is C17H11N5S. The van der Waals surface area contributed by atoms with Crippen LogP contribution in [0.3, 0.4) is 0 Å². The second-order valence-electron chi connectivity index (χ2n) is 5.12. The average Bonchev–Trinajstić information content (AvgIpc) is 2.98. The highest BCUT2D eigenvalue weighted by atomic mass is 32.2. The van der Waals surface area contributed by atoms with Crippen LogP contribution in [0.2, 0.25) is 0 Å². The van der Waals surface area contributed by atoms with Crippen molar-refractivity contribution < 1.29 is 0 Å². The average molecular weight is 317 g/mol. The van der Waals surface area contributed by atoms with Gasteiger partial charge in [-0.05, 0) is 48.5 Å². The van der Waals surface area contributed by atoms with Gasteiger partial charge in [-0.3, -0.25) is 4.40 Å². The molecule has 0 unspecified atom stereocenters. The Kier molecular flexibility index (Phi) is 3.21. The lowest BCUT2D eigenvalue weighted by Gasteiger charge is -2.06. The number of rotatable bonds is 2. The quantitative estimate of drug-likeness (QED) is 0.565. The Morgan fingerprint density at radius 2 is 2.00 bits per heavy atom. The summed E-state index contributed by atoms with van der Waals surface area (Å²) in [4.78, 5) is 4.29. The van der Waals surface area contributed by atoms with Gasteiger partial charge in [0, 0.05) is 11.6 Å². The second-order valence-corrected chi connectivity index (χ2v) is 6.11. The molecule has 4 rings (SSSR count). The first kappa shape index (κ1) is 13.7. The van der Waals surface area contributed by atoms with E-state index in [4.69, 9.17) is 5.26 Å². The molecule has 0 aliphatic carbocycles. The van der Waals surface area contributed by atoms with E-state index in [1.807, 2.05) is 28.7 Å². The maximum atomic E-state index is 8.85. The van der Waals surface area contributed by atoms with E-state index in [9.17, 15) is 0 Å². The Labute approximate surface area is 136 Å². The lowest BCUT2D eigenvalue weighted by Crippen LogP contribution is -1.93. The van der Waals surface area contributed by atoms with Gasteiger partial charge in [0.15, 0.2) is 5.65 Å². The van der Waals surface area contributed by atoms with Crippen LogP contribution in [-0.2, 0) is 0 Å². The first-order chi connectivity index (χ1) is 11.3. The molecule has 4 aromatic rings.